The van der Waals surface area contributed by atoms with E-state index in [1.165, 1.54) is 31.8 Å². The number of carbonyl (C=O) groups is 1. The van der Waals surface area contributed by atoms with Gasteiger partial charge in [0.15, 0.2) is 0 Å². The van der Waals surface area contributed by atoms with Crippen LogP contribution in [-0.2, 0) is 4.84 Å². The zero-order valence-corrected chi connectivity index (χ0v) is 10.5. The molecule has 2 heterocycles. The number of nitrogens with zero attached hydrogens (tertiary/aromatic N) is 5. The molecule has 0 atom stereocenters. The number of carbonyl (C=O) groups excluding carboxylic acids is 1. The molecule has 20 heavy (non-hydrogen) atoms. The van der Waals surface area contributed by atoms with Gasteiger partial charge in [-0.05, 0) is 6.07 Å². The van der Waals surface area contributed by atoms with Crippen molar-refractivity contribution in [2.24, 2.45) is 15.4 Å². The highest BCUT2D eigenvalue weighted by molar-refractivity contribution is 6.32. The maximum atomic E-state index is 12.9. The number of oxime groups is 1. The number of halogens is 1. The number of nitrogens with one attached hydrogen (secondary N) is 1. The summed E-state index contributed by atoms with van der Waals surface area (Å²) in [5.74, 6) is -0.480. The Morgan fingerprint density at radius 1 is 1.50 bits per heavy atom. The molecule has 2 rings (SSSR count). The van der Waals surface area contributed by atoms with E-state index in [0.717, 1.165) is 11.2 Å². The van der Waals surface area contributed by atoms with Gasteiger partial charge in [0.05, 0.1) is 25.2 Å². The molecule has 0 bridgehead atoms. The van der Waals surface area contributed by atoms with Gasteiger partial charge in [-0.3, -0.25) is 4.98 Å². The lowest BCUT2D eigenvalue weighted by atomic mass is 10.3. The zero-order chi connectivity index (χ0) is 14.4. The molecule has 0 saturated heterocycles. The molecular formula is C11H11FN6O2. The van der Waals surface area contributed by atoms with E-state index >= 15 is 0 Å². The fourth-order valence-corrected chi connectivity index (χ4v) is 1.35. The van der Waals surface area contributed by atoms with Crippen LogP contribution >= 0.6 is 0 Å². The minimum atomic E-state index is -0.500. The lowest BCUT2D eigenvalue weighted by Gasteiger charge is -2.20. The highest BCUT2D eigenvalue weighted by Crippen LogP contribution is 2.01. The normalized spacial score (nSPS) is 15.6. The van der Waals surface area contributed by atoms with Crippen LogP contribution in [0.3, 0.4) is 0 Å². The number of amides is 2. The molecule has 1 aromatic rings. The third kappa shape index (κ3) is 3.57. The van der Waals surface area contributed by atoms with E-state index < -0.39 is 11.8 Å². The smallest absolute Gasteiger partial charge is 0.358 e. The number of rotatable bonds is 4. The molecule has 0 aliphatic carbocycles. The monoisotopic (exact) mass is 278 g/mol. The quantitative estimate of drug-likeness (QED) is 0.644. The van der Waals surface area contributed by atoms with Crippen molar-refractivity contribution in [2.75, 3.05) is 13.7 Å². The number of aromatic nitrogens is 1. The topological polar surface area (TPSA) is 91.5 Å². The number of hydrogen-bond donors (Lipinski definition) is 1. The van der Waals surface area contributed by atoms with Crippen LogP contribution in [0.1, 0.15) is 5.56 Å². The van der Waals surface area contributed by atoms with Crippen LogP contribution in [0.15, 0.2) is 33.8 Å². The predicted octanol–water partition coefficient (Wildman–Crippen LogP) is 0.568. The summed E-state index contributed by atoms with van der Waals surface area (Å²) in [4.78, 5) is 19.7. The molecule has 1 aliphatic rings. The highest BCUT2D eigenvalue weighted by Gasteiger charge is 2.19. The maximum absolute atomic E-state index is 12.9. The molecule has 0 aromatic carbocycles. The summed E-state index contributed by atoms with van der Waals surface area (Å²) in [5, 5.41) is 12.4. The van der Waals surface area contributed by atoms with Gasteiger partial charge in [0.25, 0.3) is 0 Å². The Bertz CT molecular complexity index is 586. The fraction of sp³-hybridized carbons (Fsp3) is 0.182. The minimum Gasteiger partial charge on any atom is -0.399 e. The number of hydrazone groups is 2. The molecule has 104 valence electrons. The van der Waals surface area contributed by atoms with Crippen LogP contribution < -0.4 is 5.43 Å². The van der Waals surface area contributed by atoms with E-state index in [0.29, 0.717) is 11.3 Å². The number of urea groups is 1. The van der Waals surface area contributed by atoms with E-state index in [2.05, 4.69) is 30.6 Å². The van der Waals surface area contributed by atoms with Gasteiger partial charge < -0.3 is 4.84 Å². The molecule has 0 spiro atoms. The first-order chi connectivity index (χ1) is 9.69. The summed E-state index contributed by atoms with van der Waals surface area (Å²) in [6.07, 6.45) is 5.19. The summed E-state index contributed by atoms with van der Waals surface area (Å²) in [6, 6.07) is 0.750. The third-order valence-corrected chi connectivity index (χ3v) is 2.22. The van der Waals surface area contributed by atoms with Crippen LogP contribution in [0, 0.1) is 5.82 Å². The number of pyridine rings is 1. The second-order valence-corrected chi connectivity index (χ2v) is 3.68. The number of hydrogen-bond acceptors (Lipinski definition) is 6. The van der Waals surface area contributed by atoms with Gasteiger partial charge in [0.1, 0.15) is 18.6 Å². The SMILES string of the molecule is CON=CC1=NNC(=O)N(N=Cc2cncc(F)c2)C1. The Balaban J connectivity index is 2.07. The Labute approximate surface area is 113 Å². The second-order valence-electron chi connectivity index (χ2n) is 3.68. The van der Waals surface area contributed by atoms with E-state index in [1.54, 1.807) is 0 Å². The largest absolute Gasteiger partial charge is 0.399 e. The Morgan fingerprint density at radius 3 is 3.10 bits per heavy atom. The molecule has 0 unspecified atom stereocenters. The van der Waals surface area contributed by atoms with Gasteiger partial charge in [-0.2, -0.15) is 10.2 Å². The maximum Gasteiger partial charge on any atom is 0.358 e. The van der Waals surface area contributed by atoms with Crippen molar-refractivity contribution >= 4 is 24.2 Å². The van der Waals surface area contributed by atoms with Gasteiger partial charge in [0.2, 0.25) is 0 Å². The summed E-state index contributed by atoms with van der Waals surface area (Å²) >= 11 is 0. The second kappa shape index (κ2) is 6.36. The summed E-state index contributed by atoms with van der Waals surface area (Å²) in [5.41, 5.74) is 3.16. The van der Waals surface area contributed by atoms with E-state index in [-0.39, 0.29) is 6.54 Å². The average Bonchev–Trinajstić information content (AvgIpc) is 2.45. The molecule has 9 heteroatoms. The van der Waals surface area contributed by atoms with Crippen molar-refractivity contribution in [3.63, 3.8) is 0 Å². The fourth-order valence-electron chi connectivity index (χ4n) is 1.35. The molecule has 0 radical (unpaired) electrons. The van der Waals surface area contributed by atoms with Crippen LogP contribution in [0.2, 0.25) is 0 Å². The Hall–Kier alpha value is -2.84. The van der Waals surface area contributed by atoms with Crippen molar-refractivity contribution in [1.29, 1.82) is 0 Å². The summed E-state index contributed by atoms with van der Waals surface area (Å²) in [6.45, 7) is 0.123. The molecule has 1 aliphatic heterocycles. The van der Waals surface area contributed by atoms with Crippen LogP contribution in [0.4, 0.5) is 9.18 Å². The highest BCUT2D eigenvalue weighted by atomic mass is 19.1. The van der Waals surface area contributed by atoms with Gasteiger partial charge >= 0.3 is 6.03 Å². The van der Waals surface area contributed by atoms with Gasteiger partial charge in [-0.15, -0.1) is 0 Å². The zero-order valence-electron chi connectivity index (χ0n) is 10.5. The van der Waals surface area contributed by atoms with E-state index in [4.69, 9.17) is 0 Å². The first kappa shape index (κ1) is 13.6. The van der Waals surface area contributed by atoms with Crippen molar-refractivity contribution in [3.8, 4) is 0 Å². The Morgan fingerprint density at radius 2 is 2.35 bits per heavy atom. The van der Waals surface area contributed by atoms with Crippen molar-refractivity contribution in [1.82, 2.24) is 15.4 Å². The van der Waals surface area contributed by atoms with Gasteiger partial charge in [-0.1, -0.05) is 5.16 Å². The molecule has 0 saturated carbocycles. The Kier molecular flexibility index (Phi) is 4.32. The molecular weight excluding hydrogens is 267 g/mol. The van der Waals surface area contributed by atoms with Crippen LogP contribution in [0.5, 0.6) is 0 Å². The molecule has 1 aromatic heterocycles. The third-order valence-electron chi connectivity index (χ3n) is 2.22. The summed E-state index contributed by atoms with van der Waals surface area (Å²) < 4.78 is 12.9. The lowest BCUT2D eigenvalue weighted by Crippen LogP contribution is -2.43. The van der Waals surface area contributed by atoms with Crippen LogP contribution in [0.25, 0.3) is 0 Å². The van der Waals surface area contributed by atoms with E-state index in [9.17, 15) is 9.18 Å². The first-order valence-corrected chi connectivity index (χ1v) is 5.54. The van der Waals surface area contributed by atoms with Gasteiger partial charge in [-0.25, -0.2) is 19.6 Å². The molecule has 1 N–H and O–H groups in total. The molecule has 8 nitrogen and oxygen atoms in total. The standard InChI is InChI=1S/C11H11FN6O2/c1-20-15-6-10-7-18(11(19)17-16-10)14-4-8-2-9(12)5-13-3-8/h2-6H,7H2,1H3,(H,17,19). The summed E-state index contributed by atoms with van der Waals surface area (Å²) in [7, 11) is 1.39. The van der Waals surface area contributed by atoms with E-state index in [1.807, 2.05) is 0 Å². The molecule has 0 fully saturated rings. The minimum absolute atomic E-state index is 0.123. The lowest BCUT2D eigenvalue weighted by molar-refractivity contribution is 0.204. The van der Waals surface area contributed by atoms with Crippen molar-refractivity contribution in [2.45, 2.75) is 0 Å². The van der Waals surface area contributed by atoms with Crippen molar-refractivity contribution < 1.29 is 14.0 Å². The van der Waals surface area contributed by atoms with Crippen LogP contribution in [-0.4, -0.2) is 47.8 Å². The van der Waals surface area contributed by atoms with Crippen molar-refractivity contribution in [3.05, 3.63) is 29.8 Å². The predicted molar refractivity (Wildman–Crippen MR) is 70.0 cm³/mol. The average molecular weight is 278 g/mol. The molecule has 2 amide bonds. The first-order valence-electron chi connectivity index (χ1n) is 5.54. The van der Waals surface area contributed by atoms with Gasteiger partial charge in [0, 0.05) is 11.8 Å².